The molecule has 1 heterocycles. The van der Waals surface area contributed by atoms with Gasteiger partial charge >= 0.3 is 0 Å². The van der Waals surface area contributed by atoms with Gasteiger partial charge in [0.1, 0.15) is 11.5 Å². The Morgan fingerprint density at radius 3 is 2.58 bits per heavy atom. The Balaban J connectivity index is 0.00000341. The number of rotatable bonds is 9. The number of hydrogen-bond donors (Lipinski definition) is 3. The molecule has 0 radical (unpaired) electrons. The van der Waals surface area contributed by atoms with Crippen LogP contribution in [-0.2, 0) is 13.0 Å². The molecule has 0 aliphatic carbocycles. The maximum absolute atomic E-state index is 10.5. The second-order valence-electron chi connectivity index (χ2n) is 7.08. The number of nitrogens with one attached hydrogen (secondary N) is 2. The lowest BCUT2D eigenvalue weighted by atomic mass is 10.1. The molecule has 1 unspecified atom stereocenters. The predicted octanol–water partition coefficient (Wildman–Crippen LogP) is 4.23. The molecule has 3 rings (SSSR count). The van der Waals surface area contributed by atoms with Crippen molar-refractivity contribution in [1.29, 1.82) is 0 Å². The highest BCUT2D eigenvalue weighted by Crippen LogP contribution is 2.14. The van der Waals surface area contributed by atoms with Crippen molar-refractivity contribution in [3.63, 3.8) is 0 Å². The number of hydrogen-bond acceptors (Lipinski definition) is 4. The third-order valence-corrected chi connectivity index (χ3v) is 4.71. The van der Waals surface area contributed by atoms with E-state index in [1.807, 2.05) is 67.6 Å². The van der Waals surface area contributed by atoms with Crippen molar-refractivity contribution >= 4 is 29.9 Å². The van der Waals surface area contributed by atoms with E-state index < -0.39 is 6.10 Å². The summed E-state index contributed by atoms with van der Waals surface area (Å²) in [5.74, 6) is 2.37. The van der Waals surface area contributed by atoms with Crippen LogP contribution in [-0.4, -0.2) is 31.3 Å². The predicted molar refractivity (Wildman–Crippen MR) is 134 cm³/mol. The molecule has 0 saturated heterocycles. The lowest BCUT2D eigenvalue weighted by molar-refractivity contribution is 0.180. The van der Waals surface area contributed by atoms with Gasteiger partial charge in [0, 0.05) is 19.5 Å². The fraction of sp³-hybridized carbons (Fsp3) is 0.292. The normalized spacial score (nSPS) is 12.0. The van der Waals surface area contributed by atoms with Crippen molar-refractivity contribution in [2.24, 2.45) is 4.99 Å². The summed E-state index contributed by atoms with van der Waals surface area (Å²) in [7, 11) is 1.65. The molecule has 6 nitrogen and oxygen atoms in total. The maximum Gasteiger partial charge on any atom is 0.191 e. The molecule has 0 aliphatic heterocycles. The molecular weight excluding hydrogens is 505 g/mol. The fourth-order valence-electron chi connectivity index (χ4n) is 3.02. The van der Waals surface area contributed by atoms with E-state index in [9.17, 15) is 5.11 Å². The van der Waals surface area contributed by atoms with Gasteiger partial charge in [-0.15, -0.1) is 24.0 Å². The summed E-state index contributed by atoms with van der Waals surface area (Å²) in [4.78, 5) is 4.66. The molecule has 0 spiro atoms. The van der Waals surface area contributed by atoms with E-state index in [0.29, 0.717) is 25.6 Å². The maximum atomic E-state index is 10.5. The van der Waals surface area contributed by atoms with Gasteiger partial charge in [-0.3, -0.25) is 0 Å². The third-order valence-electron chi connectivity index (χ3n) is 4.71. The van der Waals surface area contributed by atoms with Crippen LogP contribution in [0.15, 0.2) is 76.3 Å². The lowest BCUT2D eigenvalue weighted by Crippen LogP contribution is -2.40. The van der Waals surface area contributed by atoms with Crippen LogP contribution < -0.4 is 15.4 Å². The van der Waals surface area contributed by atoms with Crippen LogP contribution >= 0.6 is 24.0 Å². The summed E-state index contributed by atoms with van der Waals surface area (Å²) < 4.78 is 10.6. The molecule has 1 atom stereocenters. The number of benzene rings is 2. The third kappa shape index (κ3) is 8.26. The van der Waals surface area contributed by atoms with Crippen molar-refractivity contribution in [2.75, 3.05) is 20.2 Å². The van der Waals surface area contributed by atoms with Gasteiger partial charge in [-0.1, -0.05) is 42.0 Å². The molecule has 31 heavy (non-hydrogen) atoms. The first kappa shape index (κ1) is 24.7. The van der Waals surface area contributed by atoms with Gasteiger partial charge in [0.2, 0.25) is 0 Å². The zero-order valence-corrected chi connectivity index (χ0v) is 20.2. The largest absolute Gasteiger partial charge is 0.497 e. The van der Waals surface area contributed by atoms with Gasteiger partial charge < -0.3 is 24.9 Å². The van der Waals surface area contributed by atoms with Gasteiger partial charge in [-0.2, -0.15) is 0 Å². The standard InChI is InChI=1S/C24H29N3O3.HI/c1-18-5-3-6-20(15-18)23(28)17-27-24(25-13-12-22-7-4-14-30-22)26-16-19-8-10-21(29-2)11-9-19;/h3-11,14-15,23,28H,12-13,16-17H2,1-2H3,(H2,25,26,27);1H. The number of aliphatic hydroxyl groups excluding tert-OH is 1. The highest BCUT2D eigenvalue weighted by atomic mass is 127. The van der Waals surface area contributed by atoms with Crippen LogP contribution in [0.25, 0.3) is 0 Å². The van der Waals surface area contributed by atoms with Crippen molar-refractivity contribution in [3.05, 3.63) is 89.4 Å². The number of guanidine groups is 1. The number of ether oxygens (including phenoxy) is 1. The quantitative estimate of drug-likeness (QED) is 0.217. The molecule has 3 aromatic rings. The summed E-state index contributed by atoms with van der Waals surface area (Å²) in [6, 6.07) is 19.5. The van der Waals surface area contributed by atoms with Crippen LogP contribution in [0.4, 0.5) is 0 Å². The Morgan fingerprint density at radius 2 is 1.90 bits per heavy atom. The molecule has 0 aliphatic rings. The van der Waals surface area contributed by atoms with Crippen LogP contribution in [0.5, 0.6) is 5.75 Å². The monoisotopic (exact) mass is 535 g/mol. The number of aryl methyl sites for hydroxylation is 1. The highest BCUT2D eigenvalue weighted by molar-refractivity contribution is 14.0. The molecule has 2 aromatic carbocycles. The minimum atomic E-state index is -0.622. The van der Waals surface area contributed by atoms with Crippen molar-refractivity contribution in [2.45, 2.75) is 26.0 Å². The number of furan rings is 1. The molecule has 7 heteroatoms. The molecule has 0 amide bonds. The van der Waals surface area contributed by atoms with Crippen molar-refractivity contribution in [3.8, 4) is 5.75 Å². The van der Waals surface area contributed by atoms with E-state index in [1.165, 1.54) is 0 Å². The number of aliphatic imine (C=N–C) groups is 1. The molecule has 166 valence electrons. The second-order valence-corrected chi connectivity index (χ2v) is 7.08. The number of aliphatic hydroxyl groups is 1. The first-order valence-electron chi connectivity index (χ1n) is 10.1. The first-order valence-corrected chi connectivity index (χ1v) is 10.1. The van der Waals surface area contributed by atoms with Gasteiger partial charge in [0.05, 0.1) is 26.0 Å². The van der Waals surface area contributed by atoms with E-state index in [2.05, 4.69) is 15.6 Å². The van der Waals surface area contributed by atoms with Crippen LogP contribution in [0.3, 0.4) is 0 Å². The van der Waals surface area contributed by atoms with Gasteiger partial charge in [0.25, 0.3) is 0 Å². The second kappa shape index (κ2) is 13.0. The Hall–Kier alpha value is -2.52. The molecular formula is C24H30IN3O3. The van der Waals surface area contributed by atoms with Crippen LogP contribution in [0.2, 0.25) is 0 Å². The summed E-state index contributed by atoms with van der Waals surface area (Å²) in [6.45, 7) is 3.56. The number of nitrogens with zero attached hydrogens (tertiary/aromatic N) is 1. The minimum Gasteiger partial charge on any atom is -0.497 e. The molecule has 0 fully saturated rings. The minimum absolute atomic E-state index is 0. The van der Waals surface area contributed by atoms with E-state index >= 15 is 0 Å². The topological polar surface area (TPSA) is 79.0 Å². The average molecular weight is 535 g/mol. The lowest BCUT2D eigenvalue weighted by Gasteiger charge is -2.16. The molecule has 0 bridgehead atoms. The fourth-order valence-corrected chi connectivity index (χ4v) is 3.02. The Morgan fingerprint density at radius 1 is 1.10 bits per heavy atom. The van der Waals surface area contributed by atoms with Crippen molar-refractivity contribution < 1.29 is 14.3 Å². The Kier molecular flexibility index (Phi) is 10.4. The summed E-state index contributed by atoms with van der Waals surface area (Å²) in [5, 5.41) is 17.1. The highest BCUT2D eigenvalue weighted by Gasteiger charge is 2.09. The number of methoxy groups -OCH3 is 1. The zero-order chi connectivity index (χ0) is 21.2. The SMILES string of the molecule is COc1ccc(CN=C(NCCc2ccco2)NCC(O)c2cccc(C)c2)cc1.I. The van der Waals surface area contributed by atoms with E-state index in [0.717, 1.165) is 34.6 Å². The van der Waals surface area contributed by atoms with E-state index in [4.69, 9.17) is 9.15 Å². The van der Waals surface area contributed by atoms with Crippen molar-refractivity contribution in [1.82, 2.24) is 10.6 Å². The van der Waals surface area contributed by atoms with E-state index in [-0.39, 0.29) is 24.0 Å². The first-order chi connectivity index (χ1) is 14.6. The summed E-state index contributed by atoms with van der Waals surface area (Å²) >= 11 is 0. The summed E-state index contributed by atoms with van der Waals surface area (Å²) in [6.07, 6.45) is 1.80. The van der Waals surface area contributed by atoms with Gasteiger partial charge in [-0.05, 0) is 42.3 Å². The Bertz CT molecular complexity index is 928. The molecule has 1 aromatic heterocycles. The van der Waals surface area contributed by atoms with Gasteiger partial charge in [-0.25, -0.2) is 4.99 Å². The van der Waals surface area contributed by atoms with Crippen LogP contribution in [0.1, 0.15) is 28.6 Å². The molecule has 0 saturated carbocycles. The number of halogens is 1. The summed E-state index contributed by atoms with van der Waals surface area (Å²) in [5.41, 5.74) is 3.08. The average Bonchev–Trinajstić information content (AvgIpc) is 3.29. The van der Waals surface area contributed by atoms with Gasteiger partial charge in [0.15, 0.2) is 5.96 Å². The zero-order valence-electron chi connectivity index (χ0n) is 17.9. The van der Waals surface area contributed by atoms with E-state index in [1.54, 1.807) is 13.4 Å². The molecule has 3 N–H and O–H groups in total. The smallest absolute Gasteiger partial charge is 0.191 e. The van der Waals surface area contributed by atoms with Crippen LogP contribution in [0, 0.1) is 6.92 Å². The Labute approximate surface area is 200 Å².